The summed E-state index contributed by atoms with van der Waals surface area (Å²) in [7, 11) is 0. The van der Waals surface area contributed by atoms with Crippen LogP contribution in [0.3, 0.4) is 0 Å². The van der Waals surface area contributed by atoms with Gasteiger partial charge in [-0.1, -0.05) is 244 Å². The quantitative estimate of drug-likeness (QED) is 0.0369. The van der Waals surface area contributed by atoms with E-state index >= 15 is 0 Å². The van der Waals surface area contributed by atoms with Crippen LogP contribution in [0.4, 0.5) is 0 Å². The second-order valence-electron chi connectivity index (χ2n) is 16.6. The molecule has 0 aliphatic carbocycles. The third-order valence-electron chi connectivity index (χ3n) is 11.3. The molecule has 4 N–H and O–H groups in total. The molecule has 0 saturated carbocycles. The summed E-state index contributed by atoms with van der Waals surface area (Å²) in [6.07, 6.45) is 54.9. The van der Waals surface area contributed by atoms with E-state index in [4.69, 9.17) is 5.11 Å². The largest absolute Gasteiger partial charge is 0.396 e. The fraction of sp³-hybridized carbons (Fsp3) is 0.938. The summed E-state index contributed by atoms with van der Waals surface area (Å²) in [4.78, 5) is 12.4. The highest BCUT2D eigenvalue weighted by atomic mass is 16.3. The predicted molar refractivity (Wildman–Crippen MR) is 232 cm³/mol. The Morgan fingerprint density at radius 3 is 1.08 bits per heavy atom. The van der Waals surface area contributed by atoms with Crippen LogP contribution in [-0.4, -0.2) is 46.6 Å². The van der Waals surface area contributed by atoms with Crippen molar-refractivity contribution in [2.45, 2.75) is 276 Å². The minimum Gasteiger partial charge on any atom is -0.396 e. The van der Waals surface area contributed by atoms with E-state index in [9.17, 15) is 15.0 Å². The van der Waals surface area contributed by atoms with E-state index in [0.717, 1.165) is 32.1 Å². The normalized spacial score (nSPS) is 12.9. The molecular formula is C48H95NO4. The summed E-state index contributed by atoms with van der Waals surface area (Å²) < 4.78 is 0. The van der Waals surface area contributed by atoms with Crippen molar-refractivity contribution in [3.63, 3.8) is 0 Å². The molecule has 0 aromatic rings. The van der Waals surface area contributed by atoms with E-state index in [-0.39, 0.29) is 12.5 Å². The van der Waals surface area contributed by atoms with Crippen molar-refractivity contribution in [3.05, 3.63) is 12.2 Å². The molecule has 1 amide bonds. The Labute approximate surface area is 331 Å². The Bertz CT molecular complexity index is 728. The molecule has 0 spiro atoms. The monoisotopic (exact) mass is 750 g/mol. The molecule has 0 bridgehead atoms. The standard InChI is InChI=1S/C48H95NO4/c1-2-3-4-5-6-7-8-24-27-30-33-36-39-42-47(52)46(45-51)49-48(53)43-40-37-34-31-28-25-22-20-18-16-14-12-10-9-11-13-15-17-19-21-23-26-29-32-35-38-41-44-50/h39,42,46-47,50-52H,2-38,40-41,43-45H2,1H3,(H,49,53). The van der Waals surface area contributed by atoms with Crippen LogP contribution in [0, 0.1) is 0 Å². The second kappa shape index (κ2) is 45.5. The van der Waals surface area contributed by atoms with E-state index in [2.05, 4.69) is 12.2 Å². The Morgan fingerprint density at radius 2 is 0.755 bits per heavy atom. The van der Waals surface area contributed by atoms with Gasteiger partial charge in [0, 0.05) is 13.0 Å². The zero-order chi connectivity index (χ0) is 38.6. The highest BCUT2D eigenvalue weighted by molar-refractivity contribution is 5.76. The molecule has 5 nitrogen and oxygen atoms in total. The number of hydrogen-bond acceptors (Lipinski definition) is 4. The predicted octanol–water partition coefficient (Wildman–Crippen LogP) is 14.0. The molecule has 5 heteroatoms. The molecule has 0 aromatic heterocycles. The minimum absolute atomic E-state index is 0.0628. The van der Waals surface area contributed by atoms with Gasteiger partial charge >= 0.3 is 0 Å². The summed E-state index contributed by atoms with van der Waals surface area (Å²) in [5.74, 6) is -0.0628. The Balaban J connectivity index is 3.42. The van der Waals surface area contributed by atoms with Gasteiger partial charge in [-0.3, -0.25) is 4.79 Å². The van der Waals surface area contributed by atoms with E-state index in [1.807, 2.05) is 6.08 Å². The fourth-order valence-electron chi connectivity index (χ4n) is 7.63. The van der Waals surface area contributed by atoms with E-state index in [1.54, 1.807) is 6.08 Å². The molecule has 2 unspecified atom stereocenters. The van der Waals surface area contributed by atoms with Crippen LogP contribution in [0.1, 0.15) is 264 Å². The number of carbonyl (C=O) groups is 1. The van der Waals surface area contributed by atoms with Crippen molar-refractivity contribution in [1.82, 2.24) is 5.32 Å². The molecule has 0 aromatic carbocycles. The first-order valence-electron chi connectivity index (χ1n) is 24.0. The Morgan fingerprint density at radius 1 is 0.453 bits per heavy atom. The lowest BCUT2D eigenvalue weighted by Gasteiger charge is -2.20. The van der Waals surface area contributed by atoms with Gasteiger partial charge in [0.25, 0.3) is 0 Å². The molecule has 0 aliphatic heterocycles. The van der Waals surface area contributed by atoms with Gasteiger partial charge in [-0.15, -0.1) is 0 Å². The molecule has 0 rings (SSSR count). The van der Waals surface area contributed by atoms with E-state index in [0.29, 0.717) is 13.0 Å². The van der Waals surface area contributed by atoms with Crippen LogP contribution >= 0.6 is 0 Å². The van der Waals surface area contributed by atoms with Gasteiger partial charge in [0.15, 0.2) is 0 Å². The lowest BCUT2D eigenvalue weighted by Crippen LogP contribution is -2.45. The molecule has 0 radical (unpaired) electrons. The van der Waals surface area contributed by atoms with E-state index in [1.165, 1.54) is 218 Å². The second-order valence-corrected chi connectivity index (χ2v) is 16.6. The van der Waals surface area contributed by atoms with Gasteiger partial charge in [-0.2, -0.15) is 0 Å². The maximum Gasteiger partial charge on any atom is 0.220 e. The topological polar surface area (TPSA) is 89.8 Å². The number of carbonyl (C=O) groups excluding carboxylic acids is 1. The molecule has 0 aliphatic rings. The zero-order valence-electron chi connectivity index (χ0n) is 35.8. The van der Waals surface area contributed by atoms with Gasteiger partial charge < -0.3 is 20.6 Å². The summed E-state index contributed by atoms with van der Waals surface area (Å²) in [6, 6.07) is -0.620. The third-order valence-corrected chi connectivity index (χ3v) is 11.3. The average Bonchev–Trinajstić information content (AvgIpc) is 3.16. The van der Waals surface area contributed by atoms with Crippen molar-refractivity contribution in [2.75, 3.05) is 13.2 Å². The summed E-state index contributed by atoms with van der Waals surface area (Å²) in [5, 5.41) is 31.8. The lowest BCUT2D eigenvalue weighted by atomic mass is 10.0. The summed E-state index contributed by atoms with van der Waals surface area (Å²) >= 11 is 0. The number of unbranched alkanes of at least 4 members (excludes halogenated alkanes) is 37. The van der Waals surface area contributed by atoms with Gasteiger partial charge in [-0.25, -0.2) is 0 Å². The number of rotatable bonds is 45. The van der Waals surface area contributed by atoms with Gasteiger partial charge in [0.1, 0.15) is 0 Å². The number of hydrogen-bond donors (Lipinski definition) is 4. The smallest absolute Gasteiger partial charge is 0.220 e. The highest BCUT2D eigenvalue weighted by Crippen LogP contribution is 2.17. The summed E-state index contributed by atoms with van der Waals surface area (Å²) in [5.41, 5.74) is 0. The van der Waals surface area contributed by atoms with Crippen LogP contribution in [-0.2, 0) is 4.79 Å². The maximum absolute atomic E-state index is 12.4. The van der Waals surface area contributed by atoms with Gasteiger partial charge in [0.2, 0.25) is 5.91 Å². The molecule has 0 saturated heterocycles. The summed E-state index contributed by atoms with van der Waals surface area (Å²) in [6.45, 7) is 2.38. The number of allylic oxidation sites excluding steroid dienone is 1. The first-order valence-corrected chi connectivity index (χ1v) is 24.0. The van der Waals surface area contributed by atoms with Crippen LogP contribution < -0.4 is 5.32 Å². The number of amides is 1. The Kier molecular flexibility index (Phi) is 44.7. The highest BCUT2D eigenvalue weighted by Gasteiger charge is 2.18. The fourth-order valence-corrected chi connectivity index (χ4v) is 7.63. The molecule has 316 valence electrons. The first-order chi connectivity index (χ1) is 26.2. The van der Waals surface area contributed by atoms with Crippen molar-refractivity contribution >= 4 is 5.91 Å². The van der Waals surface area contributed by atoms with Crippen LogP contribution in [0.15, 0.2) is 12.2 Å². The van der Waals surface area contributed by atoms with Crippen LogP contribution in [0.2, 0.25) is 0 Å². The van der Waals surface area contributed by atoms with Crippen LogP contribution in [0.5, 0.6) is 0 Å². The maximum atomic E-state index is 12.4. The van der Waals surface area contributed by atoms with Gasteiger partial charge in [-0.05, 0) is 25.7 Å². The van der Waals surface area contributed by atoms with E-state index < -0.39 is 12.1 Å². The van der Waals surface area contributed by atoms with Crippen molar-refractivity contribution < 1.29 is 20.1 Å². The van der Waals surface area contributed by atoms with Crippen LogP contribution in [0.25, 0.3) is 0 Å². The third kappa shape index (κ3) is 42.1. The zero-order valence-corrected chi connectivity index (χ0v) is 35.8. The number of aliphatic hydroxyl groups excluding tert-OH is 3. The van der Waals surface area contributed by atoms with Crippen molar-refractivity contribution in [1.29, 1.82) is 0 Å². The van der Waals surface area contributed by atoms with Gasteiger partial charge in [0.05, 0.1) is 18.8 Å². The number of nitrogens with one attached hydrogen (secondary N) is 1. The van der Waals surface area contributed by atoms with Crippen molar-refractivity contribution in [2.24, 2.45) is 0 Å². The molecule has 53 heavy (non-hydrogen) atoms. The molecule has 0 fully saturated rings. The minimum atomic E-state index is -0.836. The molecule has 0 heterocycles. The van der Waals surface area contributed by atoms with Crippen molar-refractivity contribution in [3.8, 4) is 0 Å². The average molecular weight is 750 g/mol. The molecule has 2 atom stereocenters. The Hall–Kier alpha value is -0.910. The SMILES string of the molecule is CCCCCCCCCCCCCC=CC(O)C(CO)NC(=O)CCCCCCCCCCCCCCCCCCCCCCCCCCCCCO. The lowest BCUT2D eigenvalue weighted by molar-refractivity contribution is -0.123. The molecular weight excluding hydrogens is 655 g/mol. The number of aliphatic hydroxyl groups is 3. The first kappa shape index (κ1) is 52.1.